The molecule has 1 aromatic carbocycles. The number of aromatic nitrogens is 1. The first-order chi connectivity index (χ1) is 7.77. The second-order valence-electron chi connectivity index (χ2n) is 3.68. The summed E-state index contributed by atoms with van der Waals surface area (Å²) in [6, 6.07) is 7.42. The summed E-state index contributed by atoms with van der Waals surface area (Å²) in [5.41, 5.74) is 2.13. The zero-order valence-corrected chi connectivity index (χ0v) is 9.25. The van der Waals surface area contributed by atoms with Crippen LogP contribution in [0, 0.1) is 0 Å². The number of rotatable bonds is 1. The lowest BCUT2D eigenvalue weighted by atomic mass is 10.1. The normalized spacial score (nSPS) is 14.0. The molecule has 0 saturated heterocycles. The molecule has 3 rings (SSSR count). The summed E-state index contributed by atoms with van der Waals surface area (Å²) in [4.78, 5) is 16.7. The van der Waals surface area contributed by atoms with Gasteiger partial charge in [0.15, 0.2) is 0 Å². The molecule has 0 amide bonds. The number of benzene rings is 1. The molecule has 4 heteroatoms. The molecule has 1 aromatic heterocycles. The van der Waals surface area contributed by atoms with E-state index in [-0.39, 0.29) is 0 Å². The number of carboxylic acids is 1. The molecule has 0 radical (unpaired) electrons. The van der Waals surface area contributed by atoms with E-state index in [0.717, 1.165) is 33.7 Å². The number of fused-ring (bicyclic) bond motifs is 2. The van der Waals surface area contributed by atoms with Crippen molar-refractivity contribution in [3.05, 3.63) is 35.5 Å². The minimum Gasteiger partial charge on any atom is -0.478 e. The third kappa shape index (κ3) is 1.30. The molecule has 0 atom stereocenters. The zero-order valence-electron chi connectivity index (χ0n) is 8.43. The van der Waals surface area contributed by atoms with Crippen LogP contribution in [0.3, 0.4) is 0 Å². The molecule has 0 bridgehead atoms. The third-order valence-electron chi connectivity index (χ3n) is 2.72. The van der Waals surface area contributed by atoms with E-state index in [0.29, 0.717) is 5.56 Å². The fourth-order valence-corrected chi connectivity index (χ4v) is 3.19. The Hall–Kier alpha value is -1.55. The summed E-state index contributed by atoms with van der Waals surface area (Å²) in [6.45, 7) is 0. The van der Waals surface area contributed by atoms with Crippen molar-refractivity contribution < 1.29 is 9.90 Å². The van der Waals surface area contributed by atoms with Crippen molar-refractivity contribution in [1.29, 1.82) is 0 Å². The highest BCUT2D eigenvalue weighted by Gasteiger charge is 2.23. The minimum absolute atomic E-state index is 0.420. The molecular weight excluding hydrogens is 222 g/mol. The average molecular weight is 231 g/mol. The first-order valence-corrected chi connectivity index (χ1v) is 6.03. The van der Waals surface area contributed by atoms with E-state index in [1.165, 1.54) is 0 Å². The lowest BCUT2D eigenvalue weighted by Gasteiger charge is -2.07. The Labute approximate surface area is 96.5 Å². The van der Waals surface area contributed by atoms with Gasteiger partial charge in [0.2, 0.25) is 0 Å². The van der Waals surface area contributed by atoms with E-state index >= 15 is 0 Å². The van der Waals surface area contributed by atoms with Crippen LogP contribution in [0.4, 0.5) is 0 Å². The zero-order chi connectivity index (χ0) is 11.1. The maximum absolute atomic E-state index is 11.3. The van der Waals surface area contributed by atoms with Crippen molar-refractivity contribution >= 4 is 28.6 Å². The van der Waals surface area contributed by atoms with E-state index < -0.39 is 5.97 Å². The molecule has 1 aliphatic heterocycles. The van der Waals surface area contributed by atoms with Gasteiger partial charge in [-0.25, -0.2) is 4.79 Å². The monoisotopic (exact) mass is 231 g/mol. The second-order valence-corrected chi connectivity index (χ2v) is 4.79. The molecule has 0 unspecified atom stereocenters. The van der Waals surface area contributed by atoms with E-state index in [2.05, 4.69) is 4.98 Å². The molecule has 0 spiro atoms. The van der Waals surface area contributed by atoms with Gasteiger partial charge in [-0.2, -0.15) is 0 Å². The fourth-order valence-electron chi connectivity index (χ4n) is 2.03. The van der Waals surface area contributed by atoms with Crippen molar-refractivity contribution in [1.82, 2.24) is 4.98 Å². The van der Waals surface area contributed by atoms with Gasteiger partial charge in [-0.1, -0.05) is 18.2 Å². The highest BCUT2D eigenvalue weighted by atomic mass is 32.2. The number of aryl methyl sites for hydroxylation is 1. The van der Waals surface area contributed by atoms with Crippen molar-refractivity contribution in [3.8, 4) is 0 Å². The molecule has 0 aliphatic carbocycles. The number of hydrogen-bond acceptors (Lipinski definition) is 3. The fraction of sp³-hybridized carbons (Fsp3) is 0.167. The van der Waals surface area contributed by atoms with Crippen molar-refractivity contribution in [3.63, 3.8) is 0 Å². The van der Waals surface area contributed by atoms with Gasteiger partial charge in [0.25, 0.3) is 0 Å². The Balaban J connectivity index is 2.45. The molecule has 3 nitrogen and oxygen atoms in total. The standard InChI is InChI=1S/C12H9NO2S/c14-12(15)10-7-3-1-2-4-8(7)13-9-5-6-16-11(9)10/h1-4H,5-6H2,(H,14,15). The largest absolute Gasteiger partial charge is 0.478 e. The van der Waals surface area contributed by atoms with Gasteiger partial charge in [-0.3, -0.25) is 4.98 Å². The number of thioether (sulfide) groups is 1. The summed E-state index contributed by atoms with van der Waals surface area (Å²) in [5, 5.41) is 10.0. The smallest absolute Gasteiger partial charge is 0.337 e. The Morgan fingerprint density at radius 3 is 3.00 bits per heavy atom. The molecule has 0 saturated carbocycles. The van der Waals surface area contributed by atoms with Crippen LogP contribution in [0.15, 0.2) is 29.2 Å². The molecule has 1 aliphatic rings. The number of para-hydroxylation sites is 1. The van der Waals surface area contributed by atoms with Crippen LogP contribution in [-0.2, 0) is 6.42 Å². The summed E-state index contributed by atoms with van der Waals surface area (Å²) < 4.78 is 0. The predicted molar refractivity (Wildman–Crippen MR) is 63.1 cm³/mol. The second kappa shape index (κ2) is 3.49. The predicted octanol–water partition coefficient (Wildman–Crippen LogP) is 2.58. The molecule has 2 aromatic rings. The number of pyridine rings is 1. The Morgan fingerprint density at radius 2 is 2.19 bits per heavy atom. The lowest BCUT2D eigenvalue weighted by Crippen LogP contribution is -2.03. The molecule has 1 N–H and O–H groups in total. The molecule has 16 heavy (non-hydrogen) atoms. The van der Waals surface area contributed by atoms with Gasteiger partial charge in [-0.15, -0.1) is 11.8 Å². The van der Waals surface area contributed by atoms with Gasteiger partial charge < -0.3 is 5.11 Å². The minimum atomic E-state index is -0.857. The van der Waals surface area contributed by atoms with Crippen molar-refractivity contribution in [2.75, 3.05) is 5.75 Å². The summed E-state index contributed by atoms with van der Waals surface area (Å²) in [6.07, 6.45) is 0.866. The SMILES string of the molecule is O=C(O)c1c2c(nc3ccccc13)CCS2. The molecule has 0 fully saturated rings. The van der Waals surface area contributed by atoms with Crippen molar-refractivity contribution in [2.24, 2.45) is 0 Å². The maximum Gasteiger partial charge on any atom is 0.337 e. The number of aromatic carboxylic acids is 1. The number of nitrogens with zero attached hydrogens (tertiary/aromatic N) is 1. The van der Waals surface area contributed by atoms with E-state index in [1.807, 2.05) is 24.3 Å². The topological polar surface area (TPSA) is 50.2 Å². The van der Waals surface area contributed by atoms with Crippen LogP contribution in [0.1, 0.15) is 16.1 Å². The van der Waals surface area contributed by atoms with Gasteiger partial charge in [0.1, 0.15) is 0 Å². The third-order valence-corrected chi connectivity index (χ3v) is 3.85. The van der Waals surface area contributed by atoms with Crippen LogP contribution < -0.4 is 0 Å². The van der Waals surface area contributed by atoms with E-state index in [1.54, 1.807) is 11.8 Å². The highest BCUT2D eigenvalue weighted by Crippen LogP contribution is 2.36. The van der Waals surface area contributed by atoms with Gasteiger partial charge in [-0.05, 0) is 6.07 Å². The van der Waals surface area contributed by atoms with Gasteiger partial charge >= 0.3 is 5.97 Å². The molecule has 2 heterocycles. The van der Waals surface area contributed by atoms with E-state index in [9.17, 15) is 9.90 Å². The highest BCUT2D eigenvalue weighted by molar-refractivity contribution is 7.99. The summed E-state index contributed by atoms with van der Waals surface area (Å²) >= 11 is 1.59. The lowest BCUT2D eigenvalue weighted by molar-refractivity contribution is 0.0695. The number of hydrogen-bond donors (Lipinski definition) is 1. The first-order valence-electron chi connectivity index (χ1n) is 5.05. The van der Waals surface area contributed by atoms with Crippen LogP contribution in [0.25, 0.3) is 10.9 Å². The maximum atomic E-state index is 11.3. The Morgan fingerprint density at radius 1 is 1.38 bits per heavy atom. The first kappa shape index (κ1) is 9.66. The molecule has 80 valence electrons. The van der Waals surface area contributed by atoms with Crippen molar-refractivity contribution in [2.45, 2.75) is 11.3 Å². The van der Waals surface area contributed by atoms with Crippen LogP contribution in [0.5, 0.6) is 0 Å². The molecular formula is C12H9NO2S. The number of carbonyl (C=O) groups is 1. The Kier molecular flexibility index (Phi) is 2.11. The summed E-state index contributed by atoms with van der Waals surface area (Å²) in [7, 11) is 0. The number of carboxylic acid groups (broad SMARTS) is 1. The average Bonchev–Trinajstić information content (AvgIpc) is 2.72. The van der Waals surface area contributed by atoms with Crippen LogP contribution >= 0.6 is 11.8 Å². The van der Waals surface area contributed by atoms with E-state index in [4.69, 9.17) is 0 Å². The quantitative estimate of drug-likeness (QED) is 0.819. The summed E-state index contributed by atoms with van der Waals surface area (Å²) in [5.74, 6) is 0.0723. The Bertz CT molecular complexity index is 595. The van der Waals surface area contributed by atoms with Gasteiger partial charge in [0, 0.05) is 22.5 Å². The van der Waals surface area contributed by atoms with Crippen LogP contribution in [0.2, 0.25) is 0 Å². The van der Waals surface area contributed by atoms with Gasteiger partial charge in [0.05, 0.1) is 16.8 Å². The van der Waals surface area contributed by atoms with Crippen LogP contribution in [-0.4, -0.2) is 21.8 Å².